The minimum absolute atomic E-state index is 1.01. The highest BCUT2D eigenvalue weighted by molar-refractivity contribution is 6.18. The van der Waals surface area contributed by atoms with Crippen LogP contribution in [0.1, 0.15) is 0 Å². The Kier molecular flexibility index (Phi) is 6.06. The van der Waals surface area contributed by atoms with E-state index >= 15 is 0 Å². The molecule has 16 bridgehead atoms. The number of fused-ring (bicyclic) bond motifs is 11. The van der Waals surface area contributed by atoms with Crippen molar-refractivity contribution in [2.75, 3.05) is 0 Å². The fourth-order valence-electron chi connectivity index (χ4n) is 10.3. The first kappa shape index (κ1) is 31.7. The summed E-state index contributed by atoms with van der Waals surface area (Å²) < 4.78 is 9.26. The Morgan fingerprint density at radius 2 is 0.431 bits per heavy atom. The minimum atomic E-state index is 1.01. The molecule has 0 radical (unpaired) electrons. The van der Waals surface area contributed by atoms with E-state index in [0.29, 0.717) is 0 Å². The van der Waals surface area contributed by atoms with E-state index in [2.05, 4.69) is 204 Å². The van der Waals surface area contributed by atoms with Crippen molar-refractivity contribution in [3.8, 4) is 0 Å². The quantitative estimate of drug-likeness (QED) is 0.148. The van der Waals surface area contributed by atoms with E-state index in [4.69, 9.17) is 0 Å². The van der Waals surface area contributed by atoms with Gasteiger partial charge >= 0.3 is 0 Å². The maximum atomic E-state index is 3.54. The topological polar surface area (TPSA) is 19.7 Å². The van der Waals surface area contributed by atoms with Crippen LogP contribution in [0, 0.1) is 12.1 Å². The van der Waals surface area contributed by atoms with Gasteiger partial charge in [0.2, 0.25) is 0 Å². The van der Waals surface area contributed by atoms with Gasteiger partial charge in [-0.3, -0.25) is 0 Å². The summed E-state index contributed by atoms with van der Waals surface area (Å²) in [6.07, 6.45) is 0. The normalized spacial score (nSPS) is 12.3. The third-order valence-corrected chi connectivity index (χ3v) is 13.4. The van der Waals surface area contributed by atoms with Crippen molar-refractivity contribution in [3.63, 3.8) is 0 Å². The lowest BCUT2D eigenvalue weighted by molar-refractivity contribution is 1.01. The Hall–Kier alpha value is -7.48. The summed E-state index contributed by atoms with van der Waals surface area (Å²) in [4.78, 5) is 0. The van der Waals surface area contributed by atoms with Gasteiger partial charge in [0.1, 0.15) is 0 Å². The van der Waals surface area contributed by atoms with Gasteiger partial charge in [-0.05, 0) is 142 Å². The van der Waals surface area contributed by atoms with Crippen LogP contribution in [0.15, 0.2) is 146 Å². The zero-order valence-electron chi connectivity index (χ0n) is 32.6. The fraction of sp³-hybridized carbons (Fsp3) is 0.0741. The van der Waals surface area contributed by atoms with Crippen LogP contribution in [0.5, 0.6) is 0 Å². The third kappa shape index (κ3) is 4.20. The van der Waals surface area contributed by atoms with E-state index < -0.39 is 0 Å². The Morgan fingerprint density at radius 3 is 0.655 bits per heavy atom. The van der Waals surface area contributed by atoms with Crippen LogP contribution < -0.4 is 0 Å². The van der Waals surface area contributed by atoms with Gasteiger partial charge in [0, 0.05) is 126 Å². The molecule has 0 amide bonds. The molecule has 0 saturated heterocycles. The van der Waals surface area contributed by atoms with Gasteiger partial charge in [-0.1, -0.05) is 48.5 Å². The predicted molar refractivity (Wildman–Crippen MR) is 248 cm³/mol. The first-order valence-corrected chi connectivity index (χ1v) is 20.0. The number of nitrogens with zero attached hydrogens (tertiary/aromatic N) is 4. The number of aryl methyl sites for hydroxylation is 4. The molecule has 58 heavy (non-hydrogen) atoms. The van der Waals surface area contributed by atoms with Crippen LogP contribution >= 0.6 is 0 Å². The number of aromatic nitrogens is 4. The molecule has 4 heteroatoms. The summed E-state index contributed by atoms with van der Waals surface area (Å²) >= 11 is 0. The summed E-state index contributed by atoms with van der Waals surface area (Å²) in [5.74, 6) is 0. The summed E-state index contributed by atoms with van der Waals surface area (Å²) in [5.41, 5.74) is 9.77. The molecule has 9 aromatic carbocycles. The molecule has 0 aliphatic heterocycles. The van der Waals surface area contributed by atoms with Crippen LogP contribution in [0.4, 0.5) is 0 Å². The SMILES string of the molecule is Cn1c2ccc3c#cc4ccc5c(c4)c4cc(ccc4n5C)c4ccc5c(c4)c4cc(ccc4n5C)c4ccc5c(c4)c4cc(ccc4n5C)c4ccc1c(c4)c2c3. The van der Waals surface area contributed by atoms with Crippen LogP contribution in [0.3, 0.4) is 0 Å². The average molecular weight is 741 g/mol. The van der Waals surface area contributed by atoms with Gasteiger partial charge in [0.05, 0.1) is 0 Å². The maximum Gasteiger partial charge on any atom is 0.0489 e. The average Bonchev–Trinajstić information content (AvgIpc) is 3.92. The fourth-order valence-corrected chi connectivity index (χ4v) is 10.3. The number of hydrogen-bond donors (Lipinski definition) is 0. The van der Waals surface area contributed by atoms with Crippen molar-refractivity contribution < 1.29 is 0 Å². The molecule has 4 aromatic heterocycles. The molecule has 0 fully saturated rings. The van der Waals surface area contributed by atoms with Crippen molar-refractivity contribution in [3.05, 3.63) is 158 Å². The van der Waals surface area contributed by atoms with Crippen molar-refractivity contribution in [1.82, 2.24) is 18.3 Å². The van der Waals surface area contributed by atoms with Gasteiger partial charge in [-0.25, -0.2) is 0 Å². The van der Waals surface area contributed by atoms with Gasteiger partial charge in [0.25, 0.3) is 0 Å². The van der Waals surface area contributed by atoms with E-state index in [-0.39, 0.29) is 0 Å². The number of hydrogen-bond acceptors (Lipinski definition) is 0. The smallest absolute Gasteiger partial charge is 0.0489 e. The lowest BCUT2D eigenvalue weighted by atomic mass is 10.0. The predicted octanol–water partition coefficient (Wildman–Crippen LogP) is 13.6. The summed E-state index contributed by atoms with van der Waals surface area (Å²) in [7, 11) is 8.69. The number of rotatable bonds is 0. The molecule has 0 N–H and O–H groups in total. The third-order valence-electron chi connectivity index (χ3n) is 13.4. The van der Waals surface area contributed by atoms with Crippen molar-refractivity contribution in [2.24, 2.45) is 28.2 Å². The van der Waals surface area contributed by atoms with E-state index in [1.807, 2.05) is 0 Å². The molecule has 0 saturated carbocycles. The number of benzene rings is 8. The molecule has 0 aliphatic rings. The molecule has 4 heterocycles. The zero-order chi connectivity index (χ0) is 38.6. The summed E-state index contributed by atoms with van der Waals surface area (Å²) in [5, 5.41) is 19.3. The summed E-state index contributed by atoms with van der Waals surface area (Å²) in [6, 6.07) is 62.0. The van der Waals surface area contributed by atoms with Crippen LogP contribution in [0.25, 0.3) is 130 Å². The molecule has 0 aliphatic carbocycles. The van der Waals surface area contributed by atoms with E-state index in [0.717, 1.165) is 10.8 Å². The van der Waals surface area contributed by atoms with Crippen molar-refractivity contribution in [1.29, 1.82) is 0 Å². The Bertz CT molecular complexity index is 3810. The van der Waals surface area contributed by atoms with Crippen LogP contribution in [-0.2, 0) is 28.2 Å². The molecule has 13 rings (SSSR count). The van der Waals surface area contributed by atoms with Gasteiger partial charge in [-0.2, -0.15) is 0 Å². The van der Waals surface area contributed by atoms with E-state index in [9.17, 15) is 0 Å². The minimum Gasteiger partial charge on any atom is -0.344 e. The first-order valence-electron chi connectivity index (χ1n) is 20.0. The van der Waals surface area contributed by atoms with Crippen LogP contribution in [-0.4, -0.2) is 18.3 Å². The molecular formula is C54H36N4. The molecule has 13 aromatic rings. The second kappa shape index (κ2) is 11.1. The first-order chi connectivity index (χ1) is 28.4. The summed E-state index contributed by atoms with van der Waals surface area (Å²) in [6.45, 7) is 0. The largest absolute Gasteiger partial charge is 0.344 e. The monoisotopic (exact) mass is 740 g/mol. The Balaban J connectivity index is 1.18. The van der Waals surface area contributed by atoms with Crippen molar-refractivity contribution >= 4 is 130 Å². The second-order valence-electron chi connectivity index (χ2n) is 16.3. The highest BCUT2D eigenvalue weighted by atomic mass is 15.0. The zero-order valence-corrected chi connectivity index (χ0v) is 32.6. The van der Waals surface area contributed by atoms with Gasteiger partial charge in [-0.15, -0.1) is 0 Å². The molecule has 0 spiro atoms. The van der Waals surface area contributed by atoms with E-state index in [1.54, 1.807) is 0 Å². The van der Waals surface area contributed by atoms with Crippen LogP contribution in [0.2, 0.25) is 0 Å². The van der Waals surface area contributed by atoms with Crippen molar-refractivity contribution in [2.45, 2.75) is 0 Å². The lowest BCUT2D eigenvalue weighted by Crippen LogP contribution is -1.86. The highest BCUT2D eigenvalue weighted by Crippen LogP contribution is 2.37. The molecule has 272 valence electrons. The molecule has 4 nitrogen and oxygen atoms in total. The standard InChI is InChI=1S/C54H36N4/c1-55-47-15-7-31-5-6-32-8-16-48-40(24-32)42-26-34(10-18-50(42)56(48)2)36-12-20-52-44(28-36)46-30-38(14-22-54(46)58(52)4)37-13-21-53-45(29-37)43-27-35(11-19-51(43)57(53)3)33-9-17-49(55)41(25-33)39(47)23-31/h7-30H,1-4H3. The Labute approximate surface area is 333 Å². The molecular weight excluding hydrogens is 705 g/mol. The maximum absolute atomic E-state index is 3.54. The van der Waals surface area contributed by atoms with E-state index in [1.165, 1.54) is 120 Å². The van der Waals surface area contributed by atoms with Gasteiger partial charge < -0.3 is 18.3 Å². The highest BCUT2D eigenvalue weighted by Gasteiger charge is 2.14. The molecule has 0 unspecified atom stereocenters. The van der Waals surface area contributed by atoms with Gasteiger partial charge in [0.15, 0.2) is 0 Å². The Morgan fingerprint density at radius 1 is 0.241 bits per heavy atom. The second-order valence-corrected chi connectivity index (χ2v) is 16.3. The molecule has 0 atom stereocenters. The lowest BCUT2D eigenvalue weighted by Gasteiger charge is -2.00.